The van der Waals surface area contributed by atoms with Crippen LogP contribution in [0.25, 0.3) is 0 Å². The number of nitrogens with zero attached hydrogens (tertiary/aromatic N) is 1. The monoisotopic (exact) mass is 449 g/mol. The van der Waals surface area contributed by atoms with Crippen molar-refractivity contribution in [2.45, 2.75) is 33.1 Å². The summed E-state index contributed by atoms with van der Waals surface area (Å²) in [5, 5.41) is 7.15. The van der Waals surface area contributed by atoms with Crippen molar-refractivity contribution in [3.63, 3.8) is 0 Å². The van der Waals surface area contributed by atoms with E-state index in [2.05, 4.69) is 15.8 Å². The zero-order valence-corrected chi connectivity index (χ0v) is 18.6. The number of fused-ring (bicyclic) bond motifs is 1. The highest BCUT2D eigenvalue weighted by atomic mass is 19.1. The molecule has 4 rings (SSSR count). The number of rotatable bonds is 5. The fraction of sp³-hybridized carbons (Fsp3) is 0.240. The van der Waals surface area contributed by atoms with E-state index in [1.807, 2.05) is 19.1 Å². The molecule has 0 spiro atoms. The Balaban J connectivity index is 1.58. The molecule has 7 nitrogen and oxygen atoms in total. The van der Waals surface area contributed by atoms with Gasteiger partial charge in [0.05, 0.1) is 18.5 Å². The molecular weight excluding hydrogens is 425 g/mol. The summed E-state index contributed by atoms with van der Waals surface area (Å²) in [6.07, 6.45) is 2.07. The summed E-state index contributed by atoms with van der Waals surface area (Å²) in [4.78, 5) is 25.4. The molecule has 0 bridgehead atoms. The van der Waals surface area contributed by atoms with Crippen LogP contribution in [0.3, 0.4) is 0 Å². The van der Waals surface area contributed by atoms with Crippen molar-refractivity contribution in [3.05, 3.63) is 82.1 Å². The fourth-order valence-corrected chi connectivity index (χ4v) is 3.88. The van der Waals surface area contributed by atoms with Gasteiger partial charge in [0.2, 0.25) is 0 Å². The molecule has 33 heavy (non-hydrogen) atoms. The van der Waals surface area contributed by atoms with Crippen LogP contribution in [0.4, 0.5) is 10.1 Å². The SMILES string of the molecule is COc1ccc(C)cc1NC(=O)c1oc2c(c1C)/C(=N/NC(=O)c1ccc(F)cc1)CCC2. The highest BCUT2D eigenvalue weighted by Gasteiger charge is 2.28. The third kappa shape index (κ3) is 4.64. The Labute approximate surface area is 190 Å². The minimum Gasteiger partial charge on any atom is -0.495 e. The average Bonchev–Trinajstić information content (AvgIpc) is 3.15. The van der Waals surface area contributed by atoms with Crippen LogP contribution in [-0.2, 0) is 6.42 Å². The highest BCUT2D eigenvalue weighted by molar-refractivity contribution is 6.10. The second-order valence-electron chi connectivity index (χ2n) is 7.87. The predicted octanol–water partition coefficient (Wildman–Crippen LogP) is 4.77. The first-order valence-corrected chi connectivity index (χ1v) is 10.6. The highest BCUT2D eigenvalue weighted by Crippen LogP contribution is 2.31. The van der Waals surface area contributed by atoms with Gasteiger partial charge in [-0.1, -0.05) is 6.07 Å². The van der Waals surface area contributed by atoms with Gasteiger partial charge < -0.3 is 14.5 Å². The number of halogens is 1. The number of aryl methyl sites for hydroxylation is 2. The standard InChI is InChI=1S/C25H24FN3O4/c1-14-7-12-20(32-3)19(13-14)27-25(31)23-15(2)22-18(5-4-6-21(22)33-23)28-29-24(30)16-8-10-17(26)11-9-16/h7-13H,4-6H2,1-3H3,(H,27,31)(H,29,30)/b28-18+. The number of hydrogen-bond acceptors (Lipinski definition) is 5. The molecule has 0 saturated heterocycles. The van der Waals surface area contributed by atoms with Gasteiger partial charge in [0.1, 0.15) is 17.3 Å². The van der Waals surface area contributed by atoms with Crippen LogP contribution in [-0.4, -0.2) is 24.6 Å². The Kier molecular flexibility index (Phi) is 6.26. The summed E-state index contributed by atoms with van der Waals surface area (Å²) < 4.78 is 24.4. The van der Waals surface area contributed by atoms with E-state index in [4.69, 9.17) is 9.15 Å². The first-order chi connectivity index (χ1) is 15.9. The lowest BCUT2D eigenvalue weighted by Gasteiger charge is -2.13. The van der Waals surface area contributed by atoms with Gasteiger partial charge in [-0.2, -0.15) is 5.10 Å². The van der Waals surface area contributed by atoms with Crippen molar-refractivity contribution in [1.82, 2.24) is 5.43 Å². The largest absolute Gasteiger partial charge is 0.495 e. The number of carbonyl (C=O) groups is 2. The Morgan fingerprint density at radius 3 is 2.55 bits per heavy atom. The lowest BCUT2D eigenvalue weighted by molar-refractivity contribution is 0.0953. The molecule has 1 aliphatic rings. The molecule has 2 aromatic carbocycles. The maximum atomic E-state index is 13.1. The summed E-state index contributed by atoms with van der Waals surface area (Å²) >= 11 is 0. The van der Waals surface area contributed by atoms with Crippen molar-refractivity contribution in [2.24, 2.45) is 5.10 Å². The number of hydrazone groups is 1. The van der Waals surface area contributed by atoms with Crippen molar-refractivity contribution in [3.8, 4) is 5.75 Å². The van der Waals surface area contributed by atoms with Gasteiger partial charge in [-0.05, 0) is 68.7 Å². The van der Waals surface area contributed by atoms with Crippen LogP contribution < -0.4 is 15.5 Å². The quantitative estimate of drug-likeness (QED) is 0.549. The van der Waals surface area contributed by atoms with E-state index < -0.39 is 11.7 Å². The third-order valence-corrected chi connectivity index (χ3v) is 5.53. The third-order valence-electron chi connectivity index (χ3n) is 5.53. The van der Waals surface area contributed by atoms with E-state index in [1.165, 1.54) is 24.3 Å². The van der Waals surface area contributed by atoms with E-state index in [0.717, 1.165) is 17.5 Å². The lowest BCUT2D eigenvalue weighted by atomic mass is 9.93. The Morgan fingerprint density at radius 1 is 1.06 bits per heavy atom. The molecule has 0 fully saturated rings. The lowest BCUT2D eigenvalue weighted by Crippen LogP contribution is -2.22. The molecule has 3 aromatic rings. The normalized spacial score (nSPS) is 14.0. The van der Waals surface area contributed by atoms with Gasteiger partial charge >= 0.3 is 0 Å². The van der Waals surface area contributed by atoms with Crippen molar-refractivity contribution >= 4 is 23.2 Å². The number of hydrogen-bond donors (Lipinski definition) is 2. The topological polar surface area (TPSA) is 92.9 Å². The summed E-state index contributed by atoms with van der Waals surface area (Å²) in [5.74, 6) is 0.158. The molecule has 0 aliphatic heterocycles. The molecule has 2 N–H and O–H groups in total. The molecule has 8 heteroatoms. The summed E-state index contributed by atoms with van der Waals surface area (Å²) in [6.45, 7) is 3.72. The fourth-order valence-electron chi connectivity index (χ4n) is 3.88. The number of amides is 2. The number of furan rings is 1. The van der Waals surface area contributed by atoms with Crippen LogP contribution in [0.5, 0.6) is 5.75 Å². The Bertz CT molecular complexity index is 1250. The van der Waals surface area contributed by atoms with Crippen molar-refractivity contribution < 1.29 is 23.1 Å². The van der Waals surface area contributed by atoms with Crippen molar-refractivity contribution in [1.29, 1.82) is 0 Å². The molecule has 1 aromatic heterocycles. The zero-order valence-electron chi connectivity index (χ0n) is 18.6. The molecule has 1 heterocycles. The van der Waals surface area contributed by atoms with E-state index in [0.29, 0.717) is 46.9 Å². The van der Waals surface area contributed by atoms with Crippen LogP contribution in [0, 0.1) is 19.7 Å². The first-order valence-electron chi connectivity index (χ1n) is 10.6. The van der Waals surface area contributed by atoms with E-state index >= 15 is 0 Å². The maximum Gasteiger partial charge on any atom is 0.291 e. The van der Waals surface area contributed by atoms with Gasteiger partial charge in [-0.15, -0.1) is 0 Å². The van der Waals surface area contributed by atoms with Gasteiger partial charge in [-0.3, -0.25) is 9.59 Å². The van der Waals surface area contributed by atoms with E-state index in [-0.39, 0.29) is 11.7 Å². The molecule has 170 valence electrons. The number of methoxy groups -OCH3 is 1. The summed E-state index contributed by atoms with van der Waals surface area (Å²) in [5.41, 5.74) is 6.39. The number of carbonyl (C=O) groups excluding carboxylic acids is 2. The molecule has 1 aliphatic carbocycles. The summed E-state index contributed by atoms with van der Waals surface area (Å²) in [7, 11) is 1.54. The smallest absolute Gasteiger partial charge is 0.291 e. The molecule has 0 atom stereocenters. The maximum absolute atomic E-state index is 13.1. The molecule has 0 saturated carbocycles. The van der Waals surface area contributed by atoms with E-state index in [1.54, 1.807) is 20.1 Å². The molecule has 0 unspecified atom stereocenters. The van der Waals surface area contributed by atoms with Gasteiger partial charge in [0.15, 0.2) is 5.76 Å². The van der Waals surface area contributed by atoms with Crippen LogP contribution in [0.15, 0.2) is 52.0 Å². The second kappa shape index (κ2) is 9.28. The molecule has 2 amide bonds. The van der Waals surface area contributed by atoms with Crippen LogP contribution >= 0.6 is 0 Å². The minimum atomic E-state index is -0.444. The zero-order chi connectivity index (χ0) is 23.5. The predicted molar refractivity (Wildman–Crippen MR) is 122 cm³/mol. The number of anilines is 1. The molecule has 0 radical (unpaired) electrons. The number of benzene rings is 2. The Morgan fingerprint density at radius 2 is 1.82 bits per heavy atom. The van der Waals surface area contributed by atoms with Crippen molar-refractivity contribution in [2.75, 3.05) is 12.4 Å². The molecular formula is C25H24FN3O4. The average molecular weight is 449 g/mol. The summed E-state index contributed by atoms with van der Waals surface area (Å²) in [6, 6.07) is 10.7. The van der Waals surface area contributed by atoms with Gasteiger partial charge in [-0.25, -0.2) is 9.82 Å². The number of ether oxygens (including phenoxy) is 1. The van der Waals surface area contributed by atoms with Gasteiger partial charge in [0.25, 0.3) is 11.8 Å². The number of nitrogens with one attached hydrogen (secondary N) is 2. The van der Waals surface area contributed by atoms with Crippen LogP contribution in [0.1, 0.15) is 56.2 Å². The first kappa shape index (κ1) is 22.3. The van der Waals surface area contributed by atoms with Crippen LogP contribution in [0.2, 0.25) is 0 Å². The van der Waals surface area contributed by atoms with E-state index in [9.17, 15) is 14.0 Å². The Hall–Kier alpha value is -3.94. The minimum absolute atomic E-state index is 0.197. The van der Waals surface area contributed by atoms with Gasteiger partial charge in [0, 0.05) is 23.1 Å². The second-order valence-corrected chi connectivity index (χ2v) is 7.87.